The van der Waals surface area contributed by atoms with Crippen LogP contribution in [0.5, 0.6) is 11.5 Å². The van der Waals surface area contributed by atoms with Gasteiger partial charge in [-0.05, 0) is 12.1 Å². The fourth-order valence-corrected chi connectivity index (χ4v) is 2.82. The molecule has 1 saturated heterocycles. The Kier molecular flexibility index (Phi) is 4.41. The first-order chi connectivity index (χ1) is 11.8. The second-order valence-electron chi connectivity index (χ2n) is 7.15. The van der Waals surface area contributed by atoms with Crippen LogP contribution in [0.1, 0.15) is 44.8 Å². The van der Waals surface area contributed by atoms with Crippen LogP contribution in [0.3, 0.4) is 0 Å². The van der Waals surface area contributed by atoms with E-state index in [4.69, 9.17) is 14.0 Å². The van der Waals surface area contributed by atoms with Crippen LogP contribution >= 0.6 is 0 Å². The van der Waals surface area contributed by atoms with Crippen LogP contribution < -0.4 is 14.4 Å². The Morgan fingerprint density at radius 2 is 1.92 bits per heavy atom. The molecule has 134 valence electrons. The second-order valence-corrected chi connectivity index (χ2v) is 7.15. The van der Waals surface area contributed by atoms with Crippen LogP contribution in [0.15, 0.2) is 22.7 Å². The zero-order chi connectivity index (χ0) is 18.2. The summed E-state index contributed by atoms with van der Waals surface area (Å²) < 4.78 is 16.0. The van der Waals surface area contributed by atoms with E-state index in [9.17, 15) is 4.79 Å². The molecule has 1 atom stereocenters. The van der Waals surface area contributed by atoms with Gasteiger partial charge in [0.2, 0.25) is 11.8 Å². The predicted molar refractivity (Wildman–Crippen MR) is 92.3 cm³/mol. The number of methoxy groups -OCH3 is 2. The molecule has 1 aromatic carbocycles. The van der Waals surface area contributed by atoms with Gasteiger partial charge in [0, 0.05) is 30.1 Å². The molecule has 2 heterocycles. The van der Waals surface area contributed by atoms with E-state index in [2.05, 4.69) is 10.1 Å². The van der Waals surface area contributed by atoms with E-state index in [1.165, 1.54) is 0 Å². The third-order valence-electron chi connectivity index (χ3n) is 4.27. The summed E-state index contributed by atoms with van der Waals surface area (Å²) in [5.41, 5.74) is 0.577. The fraction of sp³-hybridized carbons (Fsp3) is 0.500. The fourth-order valence-electron chi connectivity index (χ4n) is 2.82. The van der Waals surface area contributed by atoms with Crippen molar-refractivity contribution in [3.63, 3.8) is 0 Å². The molecule has 0 radical (unpaired) electrons. The Bertz CT molecular complexity index is 779. The zero-order valence-corrected chi connectivity index (χ0v) is 15.2. The summed E-state index contributed by atoms with van der Waals surface area (Å²) in [6.45, 7) is 6.58. The van der Waals surface area contributed by atoms with Gasteiger partial charge in [-0.1, -0.05) is 25.9 Å². The number of carbonyl (C=O) groups excluding carboxylic acids is 1. The van der Waals surface area contributed by atoms with Crippen molar-refractivity contribution in [1.82, 2.24) is 10.1 Å². The van der Waals surface area contributed by atoms with E-state index in [1.54, 1.807) is 31.3 Å². The molecule has 2 aromatic rings. The molecular weight excluding hydrogens is 322 g/mol. The normalized spacial score (nSPS) is 17.9. The number of aromatic nitrogens is 2. The quantitative estimate of drug-likeness (QED) is 0.848. The van der Waals surface area contributed by atoms with Crippen LogP contribution in [0.4, 0.5) is 5.69 Å². The summed E-state index contributed by atoms with van der Waals surface area (Å²) in [6, 6.07) is 5.43. The van der Waals surface area contributed by atoms with Crippen LogP contribution in [0.2, 0.25) is 0 Å². The first kappa shape index (κ1) is 17.3. The lowest BCUT2D eigenvalue weighted by molar-refractivity contribution is -0.117. The lowest BCUT2D eigenvalue weighted by atomic mass is 9.96. The van der Waals surface area contributed by atoms with Crippen molar-refractivity contribution >= 4 is 11.6 Å². The summed E-state index contributed by atoms with van der Waals surface area (Å²) in [6.07, 6.45) is 0.347. The Balaban J connectivity index is 1.82. The van der Waals surface area contributed by atoms with E-state index in [1.807, 2.05) is 26.8 Å². The van der Waals surface area contributed by atoms with Crippen LogP contribution in [-0.4, -0.2) is 36.8 Å². The Morgan fingerprint density at radius 3 is 2.52 bits per heavy atom. The topological polar surface area (TPSA) is 77.7 Å². The van der Waals surface area contributed by atoms with E-state index < -0.39 is 0 Å². The number of hydrogen-bond donors (Lipinski definition) is 0. The minimum atomic E-state index is -0.187. The van der Waals surface area contributed by atoms with Crippen LogP contribution in [-0.2, 0) is 10.2 Å². The Morgan fingerprint density at radius 1 is 1.20 bits per heavy atom. The highest BCUT2D eigenvalue weighted by Gasteiger charge is 2.36. The SMILES string of the molecule is COc1ccc(N2CC(c3nc(C(C)(C)C)no3)CC2=O)cc1OC. The van der Waals surface area contributed by atoms with Gasteiger partial charge in [-0.25, -0.2) is 0 Å². The van der Waals surface area contributed by atoms with E-state index >= 15 is 0 Å². The maximum Gasteiger partial charge on any atom is 0.232 e. The van der Waals surface area contributed by atoms with Gasteiger partial charge < -0.3 is 18.9 Å². The van der Waals surface area contributed by atoms with Crippen molar-refractivity contribution in [2.75, 3.05) is 25.7 Å². The van der Waals surface area contributed by atoms with E-state index in [0.717, 1.165) is 5.69 Å². The molecule has 1 aromatic heterocycles. The molecule has 0 saturated carbocycles. The maximum atomic E-state index is 12.5. The number of ether oxygens (including phenoxy) is 2. The number of anilines is 1. The van der Waals surface area contributed by atoms with Gasteiger partial charge in [-0.15, -0.1) is 0 Å². The van der Waals surface area contributed by atoms with E-state index in [0.29, 0.717) is 36.2 Å². The average Bonchev–Trinajstić information content (AvgIpc) is 3.20. The Labute approximate surface area is 146 Å². The highest BCUT2D eigenvalue weighted by atomic mass is 16.5. The molecule has 7 nitrogen and oxygen atoms in total. The standard InChI is InChI=1S/C18H23N3O4/c1-18(2,3)17-19-16(25-20-17)11-8-15(22)21(10-11)12-6-7-13(23-4)14(9-12)24-5/h6-7,9,11H,8,10H2,1-5H3. The molecule has 0 aliphatic carbocycles. The summed E-state index contributed by atoms with van der Waals surface area (Å²) >= 11 is 0. The average molecular weight is 345 g/mol. The van der Waals surface area contributed by atoms with Gasteiger partial charge in [0.05, 0.1) is 20.1 Å². The van der Waals surface area contributed by atoms with Gasteiger partial charge in [-0.3, -0.25) is 4.79 Å². The number of carbonyl (C=O) groups is 1. The molecule has 25 heavy (non-hydrogen) atoms. The first-order valence-corrected chi connectivity index (χ1v) is 8.20. The number of nitrogens with zero attached hydrogens (tertiary/aromatic N) is 3. The number of rotatable bonds is 4. The molecule has 1 amide bonds. The number of hydrogen-bond acceptors (Lipinski definition) is 6. The smallest absolute Gasteiger partial charge is 0.232 e. The Hall–Kier alpha value is -2.57. The first-order valence-electron chi connectivity index (χ1n) is 8.20. The van der Waals surface area contributed by atoms with Crippen molar-refractivity contribution < 1.29 is 18.8 Å². The summed E-state index contributed by atoms with van der Waals surface area (Å²) in [5.74, 6) is 2.29. The van der Waals surface area contributed by atoms with E-state index in [-0.39, 0.29) is 17.2 Å². The summed E-state index contributed by atoms with van der Waals surface area (Å²) in [4.78, 5) is 18.7. The molecule has 1 unspecified atom stereocenters. The van der Waals surface area contributed by atoms with Gasteiger partial charge in [0.25, 0.3) is 0 Å². The third kappa shape index (κ3) is 3.31. The number of benzene rings is 1. The highest BCUT2D eigenvalue weighted by Crippen LogP contribution is 2.36. The molecule has 7 heteroatoms. The predicted octanol–water partition coefficient (Wildman–Crippen LogP) is 2.90. The molecule has 1 aliphatic rings. The number of amides is 1. The lowest BCUT2D eigenvalue weighted by Crippen LogP contribution is -2.24. The third-order valence-corrected chi connectivity index (χ3v) is 4.27. The molecule has 1 fully saturated rings. The minimum Gasteiger partial charge on any atom is -0.493 e. The largest absolute Gasteiger partial charge is 0.493 e. The van der Waals surface area contributed by atoms with Gasteiger partial charge in [-0.2, -0.15) is 4.98 Å². The lowest BCUT2D eigenvalue weighted by Gasteiger charge is -2.18. The summed E-state index contributed by atoms with van der Waals surface area (Å²) in [7, 11) is 3.15. The second kappa shape index (κ2) is 6.38. The van der Waals surface area contributed by atoms with Crippen molar-refractivity contribution in [3.8, 4) is 11.5 Å². The van der Waals surface area contributed by atoms with Crippen LogP contribution in [0.25, 0.3) is 0 Å². The van der Waals surface area contributed by atoms with Crippen LogP contribution in [0, 0.1) is 0 Å². The molecule has 0 N–H and O–H groups in total. The molecule has 1 aliphatic heterocycles. The monoisotopic (exact) mass is 345 g/mol. The van der Waals surface area contributed by atoms with Gasteiger partial charge in [0.15, 0.2) is 17.3 Å². The highest BCUT2D eigenvalue weighted by molar-refractivity contribution is 5.96. The molecule has 3 rings (SSSR count). The van der Waals surface area contributed by atoms with Gasteiger partial charge in [0.1, 0.15) is 0 Å². The molecular formula is C18H23N3O4. The van der Waals surface area contributed by atoms with Gasteiger partial charge >= 0.3 is 0 Å². The van der Waals surface area contributed by atoms with Crippen molar-refractivity contribution in [2.45, 2.75) is 38.5 Å². The van der Waals surface area contributed by atoms with Crippen molar-refractivity contribution in [2.24, 2.45) is 0 Å². The summed E-state index contributed by atoms with van der Waals surface area (Å²) in [5, 5.41) is 4.05. The maximum absolute atomic E-state index is 12.5. The molecule has 0 bridgehead atoms. The minimum absolute atomic E-state index is 0.0210. The zero-order valence-electron chi connectivity index (χ0n) is 15.2. The molecule has 0 spiro atoms. The van der Waals surface area contributed by atoms with Crippen molar-refractivity contribution in [1.29, 1.82) is 0 Å². The van der Waals surface area contributed by atoms with Crippen molar-refractivity contribution in [3.05, 3.63) is 29.9 Å².